The number of methoxy groups -OCH3 is 1. The largest absolute Gasteiger partial charge is 0.496 e. The van der Waals surface area contributed by atoms with Crippen LogP contribution in [-0.4, -0.2) is 23.1 Å². The Labute approximate surface area is 114 Å². The van der Waals surface area contributed by atoms with E-state index in [1.54, 1.807) is 24.3 Å². The molecule has 0 fully saturated rings. The molecule has 0 aliphatic heterocycles. The molecule has 0 aromatic heterocycles. The van der Waals surface area contributed by atoms with E-state index < -0.39 is 10.9 Å². The van der Waals surface area contributed by atoms with Crippen LogP contribution < -0.4 is 4.74 Å². The Morgan fingerprint density at radius 1 is 1.15 bits per heavy atom. The van der Waals surface area contributed by atoms with E-state index in [9.17, 15) is 14.9 Å². The fourth-order valence-corrected chi connectivity index (χ4v) is 1.83. The number of ether oxygens (including phenoxy) is 1. The Kier molecular flexibility index (Phi) is 3.65. The van der Waals surface area contributed by atoms with Gasteiger partial charge >= 0.3 is 5.97 Å². The summed E-state index contributed by atoms with van der Waals surface area (Å²) in [6.45, 7) is 0. The molecule has 0 aliphatic carbocycles. The molecule has 0 heterocycles. The van der Waals surface area contributed by atoms with Crippen molar-refractivity contribution in [1.82, 2.24) is 0 Å². The second kappa shape index (κ2) is 5.40. The molecule has 0 bridgehead atoms. The zero-order valence-corrected chi connectivity index (χ0v) is 10.6. The summed E-state index contributed by atoms with van der Waals surface area (Å²) >= 11 is 0. The third-order valence-corrected chi connectivity index (χ3v) is 2.84. The van der Waals surface area contributed by atoms with E-state index in [0.717, 1.165) is 0 Å². The predicted octanol–water partition coefficient (Wildman–Crippen LogP) is 2.97. The van der Waals surface area contributed by atoms with Crippen LogP contribution in [0.2, 0.25) is 0 Å². The Balaban J connectivity index is 2.45. The molecule has 6 heteroatoms. The summed E-state index contributed by atoms with van der Waals surface area (Å²) in [5.41, 5.74) is 1.38. The molecule has 2 aromatic rings. The predicted molar refractivity (Wildman–Crippen MR) is 72.0 cm³/mol. The van der Waals surface area contributed by atoms with Gasteiger partial charge in [0, 0.05) is 12.1 Å². The van der Waals surface area contributed by atoms with Crippen LogP contribution in [0, 0.1) is 10.1 Å². The van der Waals surface area contributed by atoms with E-state index in [1.807, 2.05) is 0 Å². The van der Waals surface area contributed by atoms with E-state index in [1.165, 1.54) is 25.3 Å². The molecular formula is C14H11NO5. The molecule has 0 saturated carbocycles. The molecule has 6 nitrogen and oxygen atoms in total. The van der Waals surface area contributed by atoms with Gasteiger partial charge in [0.1, 0.15) is 11.3 Å². The lowest BCUT2D eigenvalue weighted by molar-refractivity contribution is -0.384. The van der Waals surface area contributed by atoms with Crippen molar-refractivity contribution in [3.05, 3.63) is 58.1 Å². The van der Waals surface area contributed by atoms with Crippen LogP contribution in [0.25, 0.3) is 11.1 Å². The summed E-state index contributed by atoms with van der Waals surface area (Å²) < 4.78 is 4.98. The molecule has 0 aliphatic rings. The summed E-state index contributed by atoms with van der Waals surface area (Å²) in [4.78, 5) is 21.2. The highest BCUT2D eigenvalue weighted by molar-refractivity contribution is 5.92. The smallest absolute Gasteiger partial charge is 0.339 e. The van der Waals surface area contributed by atoms with E-state index in [0.29, 0.717) is 11.1 Å². The zero-order valence-electron chi connectivity index (χ0n) is 10.6. The van der Waals surface area contributed by atoms with E-state index in [-0.39, 0.29) is 17.0 Å². The van der Waals surface area contributed by atoms with Crippen LogP contribution in [0.4, 0.5) is 5.69 Å². The molecular weight excluding hydrogens is 262 g/mol. The first kappa shape index (κ1) is 13.5. The van der Waals surface area contributed by atoms with Crippen molar-refractivity contribution in [1.29, 1.82) is 0 Å². The van der Waals surface area contributed by atoms with Crippen LogP contribution in [0.5, 0.6) is 5.75 Å². The van der Waals surface area contributed by atoms with Crippen LogP contribution >= 0.6 is 0 Å². The number of carboxylic acid groups (broad SMARTS) is 1. The van der Waals surface area contributed by atoms with Crippen molar-refractivity contribution in [3.8, 4) is 16.9 Å². The fraction of sp³-hybridized carbons (Fsp3) is 0.0714. The summed E-state index contributed by atoms with van der Waals surface area (Å²) in [6, 6.07) is 10.6. The van der Waals surface area contributed by atoms with Gasteiger partial charge in [-0.25, -0.2) is 4.79 Å². The molecule has 0 saturated heterocycles. The lowest BCUT2D eigenvalue weighted by Gasteiger charge is -2.07. The van der Waals surface area contributed by atoms with Crippen molar-refractivity contribution in [2.75, 3.05) is 7.11 Å². The molecule has 0 radical (unpaired) electrons. The molecule has 1 N–H and O–H groups in total. The highest BCUT2D eigenvalue weighted by Gasteiger charge is 2.13. The maximum Gasteiger partial charge on any atom is 0.339 e. The number of carbonyl (C=O) groups is 1. The lowest BCUT2D eigenvalue weighted by Crippen LogP contribution is -2.00. The Morgan fingerprint density at radius 3 is 2.25 bits per heavy atom. The quantitative estimate of drug-likeness (QED) is 0.683. The average Bonchev–Trinajstić information content (AvgIpc) is 2.46. The number of hydrogen-bond donors (Lipinski definition) is 1. The van der Waals surface area contributed by atoms with E-state index in [2.05, 4.69) is 0 Å². The second-order valence-corrected chi connectivity index (χ2v) is 4.02. The highest BCUT2D eigenvalue weighted by atomic mass is 16.6. The highest BCUT2D eigenvalue weighted by Crippen LogP contribution is 2.27. The van der Waals surface area contributed by atoms with E-state index >= 15 is 0 Å². The van der Waals surface area contributed by atoms with Crippen molar-refractivity contribution < 1.29 is 19.6 Å². The number of aromatic carboxylic acids is 1. The van der Waals surface area contributed by atoms with Gasteiger partial charge in [-0.15, -0.1) is 0 Å². The number of nitro groups is 1. The van der Waals surface area contributed by atoms with Crippen LogP contribution in [0.15, 0.2) is 42.5 Å². The molecule has 0 amide bonds. The Hall–Kier alpha value is -2.89. The summed E-state index contributed by atoms with van der Waals surface area (Å²) in [7, 11) is 1.40. The third kappa shape index (κ3) is 2.59. The summed E-state index contributed by atoms with van der Waals surface area (Å²) in [5.74, 6) is -0.825. The van der Waals surface area contributed by atoms with Gasteiger partial charge in [-0.2, -0.15) is 0 Å². The van der Waals surface area contributed by atoms with Gasteiger partial charge in [-0.1, -0.05) is 6.07 Å². The van der Waals surface area contributed by atoms with Gasteiger partial charge in [0.05, 0.1) is 12.0 Å². The second-order valence-electron chi connectivity index (χ2n) is 4.02. The topological polar surface area (TPSA) is 89.7 Å². The number of nitrogens with zero attached hydrogens (tertiary/aromatic N) is 1. The first-order valence-electron chi connectivity index (χ1n) is 5.69. The Morgan fingerprint density at radius 2 is 1.75 bits per heavy atom. The number of carboxylic acids is 1. The van der Waals surface area contributed by atoms with Gasteiger partial charge in [0.25, 0.3) is 5.69 Å². The number of hydrogen-bond acceptors (Lipinski definition) is 4. The van der Waals surface area contributed by atoms with Crippen molar-refractivity contribution >= 4 is 11.7 Å². The van der Waals surface area contributed by atoms with Crippen LogP contribution in [0.3, 0.4) is 0 Å². The van der Waals surface area contributed by atoms with Gasteiger partial charge in [-0.05, 0) is 35.4 Å². The number of rotatable bonds is 4. The van der Waals surface area contributed by atoms with Gasteiger partial charge in [0.2, 0.25) is 0 Å². The number of benzene rings is 2. The normalized spacial score (nSPS) is 10.1. The van der Waals surface area contributed by atoms with Crippen molar-refractivity contribution in [2.24, 2.45) is 0 Å². The van der Waals surface area contributed by atoms with Gasteiger partial charge in [0.15, 0.2) is 0 Å². The molecule has 0 atom stereocenters. The monoisotopic (exact) mass is 273 g/mol. The maximum atomic E-state index is 11.1. The number of nitro benzene ring substituents is 1. The van der Waals surface area contributed by atoms with Crippen LogP contribution in [0.1, 0.15) is 10.4 Å². The minimum Gasteiger partial charge on any atom is -0.496 e. The maximum absolute atomic E-state index is 11.1. The number of non-ortho nitro benzene ring substituents is 1. The standard InChI is InChI=1S/C14H11NO5/c1-20-13-7-4-10(8-12(13)14(16)17)9-2-5-11(6-3-9)15(18)19/h2-8H,1H3,(H,16,17). The first-order valence-corrected chi connectivity index (χ1v) is 5.69. The molecule has 0 spiro atoms. The molecule has 2 rings (SSSR count). The molecule has 102 valence electrons. The van der Waals surface area contributed by atoms with Gasteiger partial charge in [-0.3, -0.25) is 10.1 Å². The lowest BCUT2D eigenvalue weighted by atomic mass is 10.0. The average molecular weight is 273 g/mol. The first-order chi connectivity index (χ1) is 9.52. The summed E-state index contributed by atoms with van der Waals surface area (Å²) in [6.07, 6.45) is 0. The molecule has 0 unspecified atom stereocenters. The van der Waals surface area contributed by atoms with Gasteiger partial charge < -0.3 is 9.84 Å². The summed E-state index contributed by atoms with van der Waals surface area (Å²) in [5, 5.41) is 19.7. The van der Waals surface area contributed by atoms with Crippen LogP contribution in [-0.2, 0) is 0 Å². The van der Waals surface area contributed by atoms with Crippen molar-refractivity contribution in [2.45, 2.75) is 0 Å². The fourth-order valence-electron chi connectivity index (χ4n) is 1.83. The molecule has 20 heavy (non-hydrogen) atoms. The Bertz CT molecular complexity index is 664. The SMILES string of the molecule is COc1ccc(-c2ccc([N+](=O)[O-])cc2)cc1C(=O)O. The minimum absolute atomic E-state index is 0.0132. The third-order valence-electron chi connectivity index (χ3n) is 2.84. The molecule has 2 aromatic carbocycles. The minimum atomic E-state index is -1.09. The van der Waals surface area contributed by atoms with E-state index in [4.69, 9.17) is 9.84 Å². The van der Waals surface area contributed by atoms with Crippen molar-refractivity contribution in [3.63, 3.8) is 0 Å². The zero-order chi connectivity index (χ0) is 14.7.